The highest BCUT2D eigenvalue weighted by Gasteiger charge is 2.41. The van der Waals surface area contributed by atoms with E-state index in [1.54, 1.807) is 24.3 Å². The van der Waals surface area contributed by atoms with E-state index in [-0.39, 0.29) is 30.6 Å². The molecule has 0 aliphatic heterocycles. The Labute approximate surface area is 183 Å². The Morgan fingerprint density at radius 2 is 1.68 bits per heavy atom. The largest absolute Gasteiger partial charge is 0.426 e. The van der Waals surface area contributed by atoms with Gasteiger partial charge in [-0.2, -0.15) is 13.2 Å². The smallest absolute Gasteiger partial charge is 0.391 e. The molecule has 3 rings (SSSR count). The van der Waals surface area contributed by atoms with Crippen LogP contribution in [0.3, 0.4) is 0 Å². The first-order chi connectivity index (χ1) is 14.8. The van der Waals surface area contributed by atoms with Crippen molar-refractivity contribution in [2.45, 2.75) is 70.4 Å². The fourth-order valence-corrected chi connectivity index (χ4v) is 4.60. The summed E-state index contributed by atoms with van der Waals surface area (Å²) in [4.78, 5) is 12.5. The minimum Gasteiger partial charge on any atom is -0.426 e. The lowest BCUT2D eigenvalue weighted by Gasteiger charge is -2.27. The van der Waals surface area contributed by atoms with Gasteiger partial charge in [-0.25, -0.2) is 0 Å². The first kappa shape index (κ1) is 23.4. The molecule has 0 amide bonds. The number of carbonyl (C=O) groups excluding carboxylic acids is 1. The maximum Gasteiger partial charge on any atom is 0.391 e. The monoisotopic (exact) mass is 432 g/mol. The molecule has 1 aromatic carbocycles. The van der Waals surface area contributed by atoms with Crippen molar-refractivity contribution < 1.29 is 22.7 Å². The van der Waals surface area contributed by atoms with Gasteiger partial charge < -0.3 is 4.74 Å². The second-order valence-corrected chi connectivity index (χ2v) is 8.89. The number of alkyl halides is 3. The minimum absolute atomic E-state index is 0.0118. The number of hydrogen-bond donors (Lipinski definition) is 0. The Morgan fingerprint density at radius 1 is 1.03 bits per heavy atom. The van der Waals surface area contributed by atoms with E-state index in [1.807, 2.05) is 6.08 Å². The van der Waals surface area contributed by atoms with Crippen molar-refractivity contribution in [1.29, 1.82) is 0 Å². The highest BCUT2D eigenvalue weighted by Crippen LogP contribution is 2.39. The van der Waals surface area contributed by atoms with Crippen molar-refractivity contribution in [3.8, 4) is 17.6 Å². The molecule has 168 valence electrons. The third-order valence-corrected chi connectivity index (χ3v) is 6.64. The quantitative estimate of drug-likeness (QED) is 0.215. The lowest BCUT2D eigenvalue weighted by atomic mass is 9.80. The summed E-state index contributed by atoms with van der Waals surface area (Å²) in [5.41, 5.74) is 0.778. The number of hydrogen-bond acceptors (Lipinski definition) is 2. The van der Waals surface area contributed by atoms with Crippen molar-refractivity contribution in [1.82, 2.24) is 0 Å². The molecule has 0 saturated heterocycles. The van der Waals surface area contributed by atoms with Crippen LogP contribution in [0, 0.1) is 35.5 Å². The van der Waals surface area contributed by atoms with E-state index >= 15 is 0 Å². The average molecular weight is 433 g/mol. The molecule has 0 atom stereocenters. The predicted octanol–water partition coefficient (Wildman–Crippen LogP) is 7.08. The van der Waals surface area contributed by atoms with Gasteiger partial charge in [0.25, 0.3) is 0 Å². The maximum absolute atomic E-state index is 12.8. The third kappa shape index (κ3) is 7.16. The number of ether oxygens (including phenoxy) is 1. The van der Waals surface area contributed by atoms with E-state index in [0.717, 1.165) is 44.1 Å². The molecule has 5 heteroatoms. The van der Waals surface area contributed by atoms with Crippen LogP contribution in [0.2, 0.25) is 0 Å². The summed E-state index contributed by atoms with van der Waals surface area (Å²) in [6.45, 7) is 3.77. The van der Waals surface area contributed by atoms with Crippen LogP contribution in [0.5, 0.6) is 5.75 Å². The summed E-state index contributed by atoms with van der Waals surface area (Å²) in [6.07, 6.45) is 5.22. The van der Waals surface area contributed by atoms with Gasteiger partial charge in [-0.05, 0) is 94.4 Å². The first-order valence-corrected chi connectivity index (χ1v) is 11.4. The fourth-order valence-electron chi connectivity index (χ4n) is 4.60. The summed E-state index contributed by atoms with van der Waals surface area (Å²) >= 11 is 0. The van der Waals surface area contributed by atoms with E-state index in [1.165, 1.54) is 0 Å². The zero-order chi connectivity index (χ0) is 22.3. The Kier molecular flexibility index (Phi) is 8.23. The Morgan fingerprint density at radius 3 is 2.26 bits per heavy atom. The SMILES string of the molecule is C=CCCC1CCC(C(=O)Oc2ccc(C#CC3CCC(C(F)(F)F)CC3)cc2)CC1. The van der Waals surface area contributed by atoms with Crippen LogP contribution in [0.1, 0.15) is 69.8 Å². The van der Waals surface area contributed by atoms with Gasteiger partial charge in [-0.3, -0.25) is 4.79 Å². The molecule has 0 aromatic heterocycles. The number of benzene rings is 1. The molecule has 1 aromatic rings. The molecule has 2 nitrogen and oxygen atoms in total. The highest BCUT2D eigenvalue weighted by molar-refractivity contribution is 5.75. The van der Waals surface area contributed by atoms with Crippen molar-refractivity contribution in [3.63, 3.8) is 0 Å². The molecule has 0 radical (unpaired) electrons. The van der Waals surface area contributed by atoms with Gasteiger partial charge >= 0.3 is 12.1 Å². The Hall–Kier alpha value is -2.22. The topological polar surface area (TPSA) is 26.3 Å². The number of carbonyl (C=O) groups is 1. The highest BCUT2D eigenvalue weighted by atomic mass is 19.4. The summed E-state index contributed by atoms with van der Waals surface area (Å²) < 4.78 is 43.8. The van der Waals surface area contributed by atoms with E-state index < -0.39 is 12.1 Å². The van der Waals surface area contributed by atoms with Gasteiger partial charge in [0.2, 0.25) is 0 Å². The van der Waals surface area contributed by atoms with Gasteiger partial charge in [0.15, 0.2) is 0 Å². The van der Waals surface area contributed by atoms with Crippen LogP contribution in [0.15, 0.2) is 36.9 Å². The van der Waals surface area contributed by atoms with Gasteiger partial charge in [-0.15, -0.1) is 6.58 Å². The Bertz CT molecular complexity index is 785. The first-order valence-electron chi connectivity index (χ1n) is 11.4. The van der Waals surface area contributed by atoms with Crippen molar-refractivity contribution in [2.75, 3.05) is 0 Å². The van der Waals surface area contributed by atoms with Gasteiger partial charge in [0.1, 0.15) is 5.75 Å². The maximum atomic E-state index is 12.8. The fraction of sp³-hybridized carbons (Fsp3) is 0.577. The molecule has 2 saturated carbocycles. The summed E-state index contributed by atoms with van der Waals surface area (Å²) in [6, 6.07) is 7.06. The molecular weight excluding hydrogens is 401 g/mol. The van der Waals surface area contributed by atoms with Gasteiger partial charge in [0.05, 0.1) is 11.8 Å². The zero-order valence-corrected chi connectivity index (χ0v) is 17.9. The molecule has 0 heterocycles. The van der Waals surface area contributed by atoms with Crippen LogP contribution in [0.25, 0.3) is 0 Å². The second kappa shape index (κ2) is 10.9. The standard InChI is InChI=1S/C26H31F3O2/c1-2-3-4-19-7-13-22(14-8-19)25(30)31-24-17-11-21(12-18-24)6-5-20-9-15-23(16-10-20)26(27,28)29/h2,11-12,17-20,22-23H,1,3-4,7-10,13-16H2. The normalized spacial score (nSPS) is 26.4. The van der Waals surface area contributed by atoms with Crippen molar-refractivity contribution in [3.05, 3.63) is 42.5 Å². The van der Waals surface area contributed by atoms with E-state index in [0.29, 0.717) is 24.5 Å². The molecular formula is C26H31F3O2. The molecule has 2 aliphatic rings. The number of halogens is 3. The van der Waals surface area contributed by atoms with Crippen molar-refractivity contribution >= 4 is 5.97 Å². The Balaban J connectivity index is 1.44. The minimum atomic E-state index is -4.09. The van der Waals surface area contributed by atoms with Crippen LogP contribution >= 0.6 is 0 Å². The molecule has 2 fully saturated rings. The predicted molar refractivity (Wildman–Crippen MR) is 115 cm³/mol. The lowest BCUT2D eigenvalue weighted by Crippen LogP contribution is -2.27. The molecule has 0 bridgehead atoms. The molecule has 0 N–H and O–H groups in total. The number of allylic oxidation sites excluding steroid dienone is 1. The summed E-state index contributed by atoms with van der Waals surface area (Å²) in [5.74, 6) is 5.99. The van der Waals surface area contributed by atoms with Gasteiger partial charge in [-0.1, -0.05) is 17.9 Å². The molecule has 2 aliphatic carbocycles. The summed E-state index contributed by atoms with van der Waals surface area (Å²) in [5, 5.41) is 0. The number of esters is 1. The van der Waals surface area contributed by atoms with Crippen LogP contribution < -0.4 is 4.74 Å². The molecule has 31 heavy (non-hydrogen) atoms. The summed E-state index contributed by atoms with van der Waals surface area (Å²) in [7, 11) is 0. The van der Waals surface area contributed by atoms with Gasteiger partial charge in [0, 0.05) is 11.5 Å². The van der Waals surface area contributed by atoms with Crippen LogP contribution in [-0.4, -0.2) is 12.1 Å². The average Bonchev–Trinajstić information content (AvgIpc) is 2.77. The number of rotatable bonds is 5. The molecule has 0 unspecified atom stereocenters. The van der Waals surface area contributed by atoms with E-state index in [9.17, 15) is 18.0 Å². The van der Waals surface area contributed by atoms with Crippen LogP contribution in [-0.2, 0) is 4.79 Å². The molecule has 0 spiro atoms. The van der Waals surface area contributed by atoms with Crippen LogP contribution in [0.4, 0.5) is 13.2 Å². The second-order valence-electron chi connectivity index (χ2n) is 8.89. The zero-order valence-electron chi connectivity index (χ0n) is 17.9. The lowest BCUT2D eigenvalue weighted by molar-refractivity contribution is -0.183. The van der Waals surface area contributed by atoms with Crippen molar-refractivity contribution in [2.24, 2.45) is 23.7 Å². The van der Waals surface area contributed by atoms with E-state index in [2.05, 4.69) is 18.4 Å². The van der Waals surface area contributed by atoms with E-state index in [4.69, 9.17) is 4.74 Å². The third-order valence-electron chi connectivity index (χ3n) is 6.64.